The molecule has 7 nitrogen and oxygen atoms in total. The second-order valence-electron chi connectivity index (χ2n) is 7.51. The van der Waals surface area contributed by atoms with E-state index in [4.69, 9.17) is 21.1 Å². The Balaban J connectivity index is 1.93. The van der Waals surface area contributed by atoms with Crippen molar-refractivity contribution in [1.29, 1.82) is 0 Å². The van der Waals surface area contributed by atoms with E-state index >= 15 is 0 Å². The summed E-state index contributed by atoms with van der Waals surface area (Å²) in [6.45, 7) is 6.08. The summed E-state index contributed by atoms with van der Waals surface area (Å²) in [5, 5.41) is 10.6. The minimum absolute atomic E-state index is 0.00157. The highest BCUT2D eigenvalue weighted by molar-refractivity contribution is 7.07. The fourth-order valence-electron chi connectivity index (χ4n) is 3.80. The largest absolute Gasteiger partial charge is 0.507 e. The number of fused-ring (bicyclic) bond motifs is 1. The minimum Gasteiger partial charge on any atom is -0.507 e. The highest BCUT2D eigenvalue weighted by Crippen LogP contribution is 2.31. The normalized spacial score (nSPS) is 15.6. The van der Waals surface area contributed by atoms with Gasteiger partial charge in [-0.1, -0.05) is 35.1 Å². The molecule has 0 spiro atoms. The van der Waals surface area contributed by atoms with Crippen molar-refractivity contribution in [2.24, 2.45) is 4.99 Å². The van der Waals surface area contributed by atoms with E-state index < -0.39 is 12.0 Å². The van der Waals surface area contributed by atoms with Crippen molar-refractivity contribution >= 4 is 35.0 Å². The molecule has 1 aliphatic rings. The van der Waals surface area contributed by atoms with Crippen molar-refractivity contribution < 1.29 is 19.4 Å². The first-order valence-electron chi connectivity index (χ1n) is 10.7. The van der Waals surface area contributed by atoms with Gasteiger partial charge < -0.3 is 14.6 Å². The van der Waals surface area contributed by atoms with Gasteiger partial charge in [0.2, 0.25) is 0 Å². The molecule has 0 bridgehead atoms. The van der Waals surface area contributed by atoms with Crippen LogP contribution in [-0.2, 0) is 9.53 Å². The van der Waals surface area contributed by atoms with E-state index in [0.717, 1.165) is 5.56 Å². The number of carbonyl (C=O) groups excluding carboxylic acids is 1. The Bertz CT molecular complexity index is 1450. The quantitative estimate of drug-likeness (QED) is 0.525. The van der Waals surface area contributed by atoms with E-state index in [-0.39, 0.29) is 17.9 Å². The molecule has 0 saturated carbocycles. The molecule has 0 radical (unpaired) electrons. The van der Waals surface area contributed by atoms with Crippen LogP contribution in [0.25, 0.3) is 6.08 Å². The summed E-state index contributed by atoms with van der Waals surface area (Å²) in [5.41, 5.74) is 1.58. The number of ether oxygens (including phenoxy) is 2. The lowest BCUT2D eigenvalue weighted by Gasteiger charge is -2.24. The summed E-state index contributed by atoms with van der Waals surface area (Å²) in [6, 6.07) is 11.2. The van der Waals surface area contributed by atoms with Crippen molar-refractivity contribution in [3.05, 3.63) is 89.6 Å². The summed E-state index contributed by atoms with van der Waals surface area (Å²) in [5.74, 6) is 0.166. The number of carbonyl (C=O) groups is 1. The van der Waals surface area contributed by atoms with E-state index in [1.807, 2.05) is 19.1 Å². The molecule has 0 amide bonds. The van der Waals surface area contributed by atoms with Gasteiger partial charge in [0.05, 0.1) is 35.1 Å². The summed E-state index contributed by atoms with van der Waals surface area (Å²) < 4.78 is 12.7. The molecule has 3 aromatic rings. The van der Waals surface area contributed by atoms with E-state index in [1.165, 1.54) is 22.0 Å². The third-order valence-electron chi connectivity index (χ3n) is 5.30. The molecule has 1 aliphatic heterocycles. The van der Waals surface area contributed by atoms with Crippen LogP contribution in [0.5, 0.6) is 11.5 Å². The Morgan fingerprint density at radius 1 is 1.21 bits per heavy atom. The molecule has 0 unspecified atom stereocenters. The van der Waals surface area contributed by atoms with Crippen LogP contribution >= 0.6 is 22.9 Å². The predicted octanol–water partition coefficient (Wildman–Crippen LogP) is 3.56. The Kier molecular flexibility index (Phi) is 6.90. The van der Waals surface area contributed by atoms with Crippen LogP contribution in [0.2, 0.25) is 5.02 Å². The van der Waals surface area contributed by atoms with Crippen molar-refractivity contribution in [3.63, 3.8) is 0 Å². The topological polar surface area (TPSA) is 90.1 Å². The fraction of sp³-hybridized carbons (Fsp3) is 0.240. The smallest absolute Gasteiger partial charge is 0.338 e. The number of benzene rings is 2. The van der Waals surface area contributed by atoms with Gasteiger partial charge in [-0.3, -0.25) is 9.36 Å². The molecular weight excluding hydrogens is 476 g/mol. The zero-order chi connectivity index (χ0) is 24.4. The van der Waals surface area contributed by atoms with Gasteiger partial charge in [0, 0.05) is 10.6 Å². The van der Waals surface area contributed by atoms with Crippen LogP contribution in [-0.4, -0.2) is 28.9 Å². The number of nitrogens with zero attached hydrogens (tertiary/aromatic N) is 2. The van der Waals surface area contributed by atoms with E-state index in [0.29, 0.717) is 43.5 Å². The van der Waals surface area contributed by atoms with Crippen LogP contribution in [0.4, 0.5) is 0 Å². The van der Waals surface area contributed by atoms with Crippen LogP contribution in [0.15, 0.2) is 63.5 Å². The summed E-state index contributed by atoms with van der Waals surface area (Å²) in [6.07, 6.45) is 1.57. The highest BCUT2D eigenvalue weighted by atomic mass is 35.5. The van der Waals surface area contributed by atoms with Gasteiger partial charge >= 0.3 is 5.97 Å². The van der Waals surface area contributed by atoms with Crippen molar-refractivity contribution in [2.75, 3.05) is 13.2 Å². The molecule has 1 atom stereocenters. The zero-order valence-electron chi connectivity index (χ0n) is 18.9. The number of phenolic OH excluding ortho intramolecular Hbond substituents is 1. The Hall–Kier alpha value is -3.36. The third kappa shape index (κ3) is 4.51. The molecule has 34 heavy (non-hydrogen) atoms. The van der Waals surface area contributed by atoms with Gasteiger partial charge in [0.25, 0.3) is 5.56 Å². The lowest BCUT2D eigenvalue weighted by Crippen LogP contribution is -2.39. The van der Waals surface area contributed by atoms with Crippen molar-refractivity contribution in [2.45, 2.75) is 26.8 Å². The van der Waals surface area contributed by atoms with Crippen molar-refractivity contribution in [3.8, 4) is 11.5 Å². The Morgan fingerprint density at radius 3 is 2.62 bits per heavy atom. The SMILES string of the molecule is CCOC(=O)C1=C(C)N=c2sc(=Cc3cc(Cl)ccc3O)c(=O)n2[C@@H]1c1ccc(OCC)cc1. The average molecular weight is 499 g/mol. The number of thiazole rings is 1. The first-order valence-corrected chi connectivity index (χ1v) is 11.9. The maximum atomic E-state index is 13.6. The fourth-order valence-corrected chi connectivity index (χ4v) is 5.02. The molecule has 0 aliphatic carbocycles. The number of allylic oxidation sites excluding steroid dienone is 1. The average Bonchev–Trinajstić information content (AvgIpc) is 3.11. The number of hydrogen-bond acceptors (Lipinski definition) is 7. The highest BCUT2D eigenvalue weighted by Gasteiger charge is 2.33. The zero-order valence-corrected chi connectivity index (χ0v) is 20.4. The van der Waals surface area contributed by atoms with Crippen molar-refractivity contribution in [1.82, 2.24) is 4.57 Å². The van der Waals surface area contributed by atoms with Crippen LogP contribution in [0.3, 0.4) is 0 Å². The Morgan fingerprint density at radius 2 is 1.94 bits per heavy atom. The lowest BCUT2D eigenvalue weighted by atomic mass is 9.96. The number of aromatic hydroxyl groups is 1. The summed E-state index contributed by atoms with van der Waals surface area (Å²) in [7, 11) is 0. The second-order valence-corrected chi connectivity index (χ2v) is 8.95. The molecule has 2 heterocycles. The summed E-state index contributed by atoms with van der Waals surface area (Å²) in [4.78, 5) is 31.5. The van der Waals surface area contributed by atoms with Crippen LogP contribution in [0.1, 0.15) is 37.9 Å². The first-order chi connectivity index (χ1) is 16.3. The van der Waals surface area contributed by atoms with E-state index in [2.05, 4.69) is 4.99 Å². The molecule has 1 aromatic heterocycles. The lowest BCUT2D eigenvalue weighted by molar-refractivity contribution is -0.139. The number of halogens is 1. The third-order valence-corrected chi connectivity index (χ3v) is 6.52. The van der Waals surface area contributed by atoms with Gasteiger partial charge in [0.15, 0.2) is 4.80 Å². The molecule has 1 N–H and O–H groups in total. The molecule has 176 valence electrons. The molecular formula is C25H23ClN2O5S. The molecule has 0 fully saturated rings. The van der Waals surface area contributed by atoms with Gasteiger partial charge in [-0.05, 0) is 62.7 Å². The van der Waals surface area contributed by atoms with Crippen LogP contribution < -0.4 is 19.6 Å². The first kappa shape index (κ1) is 23.8. The number of esters is 1. The van der Waals surface area contributed by atoms with Gasteiger partial charge in [-0.2, -0.15) is 0 Å². The maximum Gasteiger partial charge on any atom is 0.338 e. The minimum atomic E-state index is -0.721. The second kappa shape index (κ2) is 9.87. The van der Waals surface area contributed by atoms with Gasteiger partial charge in [-0.25, -0.2) is 9.79 Å². The van der Waals surface area contributed by atoms with Gasteiger partial charge in [0.1, 0.15) is 11.5 Å². The number of hydrogen-bond donors (Lipinski definition) is 1. The van der Waals surface area contributed by atoms with Crippen LogP contribution in [0, 0.1) is 0 Å². The van der Waals surface area contributed by atoms with E-state index in [1.54, 1.807) is 44.2 Å². The van der Waals surface area contributed by atoms with Gasteiger partial charge in [-0.15, -0.1) is 0 Å². The van der Waals surface area contributed by atoms with E-state index in [9.17, 15) is 14.7 Å². The Labute approximate surface area is 204 Å². The molecule has 2 aromatic carbocycles. The predicted molar refractivity (Wildman–Crippen MR) is 131 cm³/mol. The monoisotopic (exact) mass is 498 g/mol. The number of phenols is 1. The number of rotatable bonds is 6. The molecule has 0 saturated heterocycles. The summed E-state index contributed by atoms with van der Waals surface area (Å²) >= 11 is 7.24. The number of aromatic nitrogens is 1. The standard InChI is InChI=1S/C25H23ClN2O5S/c1-4-32-18-9-6-15(7-10-18)22-21(24(31)33-5-2)14(3)27-25-28(22)23(30)20(34-25)13-16-12-17(26)8-11-19(16)29/h6-13,22,29H,4-5H2,1-3H3/t22-/m1/s1. The molecule has 4 rings (SSSR count). The molecule has 9 heteroatoms. The maximum absolute atomic E-state index is 13.6.